The molecular weight excluding hydrogens is 314 g/mol. The maximum absolute atomic E-state index is 11.4. The molecule has 6 nitrogen and oxygen atoms in total. The van der Waals surface area contributed by atoms with Crippen LogP contribution in [0, 0.1) is 11.3 Å². The summed E-state index contributed by atoms with van der Waals surface area (Å²) >= 11 is 0. The molecule has 0 aliphatic heterocycles. The number of anilines is 1. The molecule has 0 spiro atoms. The van der Waals surface area contributed by atoms with E-state index in [0.29, 0.717) is 11.5 Å². The maximum Gasteiger partial charge on any atom is 0.237 e. The van der Waals surface area contributed by atoms with Crippen molar-refractivity contribution in [3.8, 4) is 17.2 Å². The number of pyridine rings is 1. The van der Waals surface area contributed by atoms with Crippen LogP contribution in [0.3, 0.4) is 0 Å². The minimum Gasteiger partial charge on any atom is -0.383 e. The highest BCUT2D eigenvalue weighted by molar-refractivity contribution is 5.98. The Morgan fingerprint density at radius 1 is 1.32 bits per heavy atom. The number of rotatable bonds is 4. The van der Waals surface area contributed by atoms with E-state index in [1.165, 1.54) is 0 Å². The van der Waals surface area contributed by atoms with Crippen LogP contribution in [-0.2, 0) is 11.3 Å². The molecule has 1 aliphatic rings. The van der Waals surface area contributed by atoms with Crippen molar-refractivity contribution in [3.63, 3.8) is 0 Å². The maximum atomic E-state index is 11.4. The Balaban J connectivity index is 1.99. The second-order valence-corrected chi connectivity index (χ2v) is 6.40. The molecule has 1 aromatic carbocycles. The summed E-state index contributed by atoms with van der Waals surface area (Å²) in [7, 11) is 0. The van der Waals surface area contributed by atoms with Crippen LogP contribution in [0.4, 0.5) is 5.82 Å². The van der Waals surface area contributed by atoms with Gasteiger partial charge in [0.1, 0.15) is 24.0 Å². The molecule has 124 valence electrons. The molecule has 3 aromatic rings. The molecule has 1 fully saturated rings. The number of aromatic nitrogens is 2. The van der Waals surface area contributed by atoms with Crippen LogP contribution in [0.2, 0.25) is 0 Å². The molecule has 2 heterocycles. The fourth-order valence-corrected chi connectivity index (χ4v) is 3.26. The molecule has 1 saturated carbocycles. The van der Waals surface area contributed by atoms with Gasteiger partial charge in [0, 0.05) is 39.8 Å². The number of nitrogens with zero attached hydrogens (tertiary/aromatic N) is 3. The van der Waals surface area contributed by atoms with Gasteiger partial charge in [0.05, 0.1) is 0 Å². The zero-order chi connectivity index (χ0) is 17.6. The van der Waals surface area contributed by atoms with Gasteiger partial charge in [-0.3, -0.25) is 4.79 Å². The standard InChI is InChI=1S/C19H17N5O/c20-8-14-13(7-16(11-5-6-11)23-19(14)22)15-9-24(10-18(21)25)17-4-2-1-3-12(15)17/h1-4,7,9,11H,5-6,10H2,(H2,21,25)(H2,22,23). The molecule has 4 rings (SSSR count). The molecule has 0 bridgehead atoms. The first-order chi connectivity index (χ1) is 12.1. The van der Waals surface area contributed by atoms with Crippen LogP contribution in [0.1, 0.15) is 30.0 Å². The Bertz CT molecular complexity index is 1040. The Morgan fingerprint density at radius 2 is 2.08 bits per heavy atom. The first kappa shape index (κ1) is 15.2. The average Bonchev–Trinajstić information content (AvgIpc) is 3.38. The fraction of sp³-hybridized carbons (Fsp3) is 0.211. The van der Waals surface area contributed by atoms with Crippen LogP contribution >= 0.6 is 0 Å². The molecule has 0 saturated heterocycles. The van der Waals surface area contributed by atoms with Gasteiger partial charge < -0.3 is 16.0 Å². The highest BCUT2D eigenvalue weighted by Gasteiger charge is 2.27. The lowest BCUT2D eigenvalue weighted by molar-refractivity contribution is -0.118. The van der Waals surface area contributed by atoms with Crippen molar-refractivity contribution < 1.29 is 4.79 Å². The zero-order valence-electron chi connectivity index (χ0n) is 13.6. The quantitative estimate of drug-likeness (QED) is 0.765. The molecular formula is C19H17N5O. The fourth-order valence-electron chi connectivity index (χ4n) is 3.26. The largest absolute Gasteiger partial charge is 0.383 e. The molecule has 0 atom stereocenters. The van der Waals surface area contributed by atoms with Crippen molar-refractivity contribution in [2.24, 2.45) is 5.73 Å². The van der Waals surface area contributed by atoms with Gasteiger partial charge in [0.2, 0.25) is 5.91 Å². The third-order valence-electron chi connectivity index (χ3n) is 4.58. The predicted molar refractivity (Wildman–Crippen MR) is 95.5 cm³/mol. The highest BCUT2D eigenvalue weighted by Crippen LogP contribution is 2.42. The minimum absolute atomic E-state index is 0.0818. The second-order valence-electron chi connectivity index (χ2n) is 6.40. The number of hydrogen-bond donors (Lipinski definition) is 2. The number of hydrogen-bond acceptors (Lipinski definition) is 4. The summed E-state index contributed by atoms with van der Waals surface area (Å²) < 4.78 is 1.81. The van der Waals surface area contributed by atoms with E-state index in [1.54, 1.807) is 0 Å². The predicted octanol–water partition coefficient (Wildman–Crippen LogP) is 2.52. The number of para-hydroxylation sites is 1. The van der Waals surface area contributed by atoms with Gasteiger partial charge in [-0.15, -0.1) is 0 Å². The number of primary amides is 1. The first-order valence-corrected chi connectivity index (χ1v) is 8.15. The van der Waals surface area contributed by atoms with E-state index in [4.69, 9.17) is 11.5 Å². The normalized spacial score (nSPS) is 13.7. The topological polar surface area (TPSA) is 111 Å². The number of nitrogens with two attached hydrogens (primary N) is 2. The van der Waals surface area contributed by atoms with Gasteiger partial charge in [-0.25, -0.2) is 4.98 Å². The van der Waals surface area contributed by atoms with E-state index in [9.17, 15) is 10.1 Å². The number of fused-ring (bicyclic) bond motifs is 1. The monoisotopic (exact) mass is 331 g/mol. The van der Waals surface area contributed by atoms with Crippen molar-refractivity contribution in [2.75, 3.05) is 5.73 Å². The van der Waals surface area contributed by atoms with Crippen LogP contribution in [0.5, 0.6) is 0 Å². The van der Waals surface area contributed by atoms with Crippen LogP contribution in [-0.4, -0.2) is 15.5 Å². The number of benzene rings is 1. The van der Waals surface area contributed by atoms with Crippen molar-refractivity contribution in [2.45, 2.75) is 25.3 Å². The lowest BCUT2D eigenvalue weighted by atomic mass is 9.99. The number of nitriles is 1. The molecule has 2 aromatic heterocycles. The van der Waals surface area contributed by atoms with Crippen LogP contribution < -0.4 is 11.5 Å². The van der Waals surface area contributed by atoms with Crippen LogP contribution in [0.25, 0.3) is 22.0 Å². The summed E-state index contributed by atoms with van der Waals surface area (Å²) in [4.78, 5) is 15.8. The Morgan fingerprint density at radius 3 is 2.76 bits per heavy atom. The highest BCUT2D eigenvalue weighted by atomic mass is 16.1. The van der Waals surface area contributed by atoms with Gasteiger partial charge in [0.15, 0.2) is 0 Å². The lowest BCUT2D eigenvalue weighted by Gasteiger charge is -2.08. The Kier molecular flexibility index (Phi) is 3.43. The summed E-state index contributed by atoms with van der Waals surface area (Å²) in [6, 6.07) is 11.9. The van der Waals surface area contributed by atoms with E-state index in [1.807, 2.05) is 41.1 Å². The van der Waals surface area contributed by atoms with E-state index in [-0.39, 0.29) is 12.4 Å². The SMILES string of the molecule is N#Cc1c(-c2cn(CC(N)=O)c3ccccc23)cc(C2CC2)nc1N. The molecule has 1 aliphatic carbocycles. The third kappa shape index (κ3) is 2.60. The molecule has 4 N–H and O–H groups in total. The first-order valence-electron chi connectivity index (χ1n) is 8.15. The smallest absolute Gasteiger partial charge is 0.237 e. The van der Waals surface area contributed by atoms with Crippen molar-refractivity contribution in [1.82, 2.24) is 9.55 Å². The third-order valence-corrected chi connectivity index (χ3v) is 4.58. The Labute approximate surface area is 144 Å². The molecule has 6 heteroatoms. The molecule has 0 unspecified atom stereocenters. The van der Waals surface area contributed by atoms with Gasteiger partial charge in [0.25, 0.3) is 0 Å². The minimum atomic E-state index is -0.416. The van der Waals surface area contributed by atoms with Gasteiger partial charge in [-0.05, 0) is 25.0 Å². The van der Waals surface area contributed by atoms with E-state index >= 15 is 0 Å². The second kappa shape index (κ2) is 5.64. The van der Waals surface area contributed by atoms with Gasteiger partial charge in [-0.2, -0.15) is 5.26 Å². The molecule has 1 amide bonds. The molecule has 25 heavy (non-hydrogen) atoms. The van der Waals surface area contributed by atoms with E-state index < -0.39 is 5.91 Å². The van der Waals surface area contributed by atoms with E-state index in [2.05, 4.69) is 11.1 Å². The van der Waals surface area contributed by atoms with Crippen molar-refractivity contribution in [3.05, 3.63) is 47.8 Å². The van der Waals surface area contributed by atoms with Crippen LogP contribution in [0.15, 0.2) is 36.5 Å². The summed E-state index contributed by atoms with van der Waals surface area (Å²) in [6.45, 7) is 0.0818. The summed E-state index contributed by atoms with van der Waals surface area (Å²) in [6.07, 6.45) is 4.06. The zero-order valence-corrected chi connectivity index (χ0v) is 13.6. The number of amides is 1. The van der Waals surface area contributed by atoms with E-state index in [0.717, 1.165) is 40.6 Å². The Hall–Kier alpha value is -3.33. The lowest BCUT2D eigenvalue weighted by Crippen LogP contribution is -2.17. The van der Waals surface area contributed by atoms with Gasteiger partial charge >= 0.3 is 0 Å². The average molecular weight is 331 g/mol. The summed E-state index contributed by atoms with van der Waals surface area (Å²) in [5, 5.41) is 10.5. The summed E-state index contributed by atoms with van der Waals surface area (Å²) in [5.41, 5.74) is 15.2. The van der Waals surface area contributed by atoms with Crippen molar-refractivity contribution >= 4 is 22.6 Å². The van der Waals surface area contributed by atoms with Gasteiger partial charge in [-0.1, -0.05) is 18.2 Å². The number of carbonyl (C=O) groups is 1. The van der Waals surface area contributed by atoms with Crippen molar-refractivity contribution in [1.29, 1.82) is 5.26 Å². The summed E-state index contributed by atoms with van der Waals surface area (Å²) in [5.74, 6) is 0.266. The number of nitrogen functional groups attached to an aromatic ring is 1. The number of carbonyl (C=O) groups excluding carboxylic acids is 1. The molecule has 0 radical (unpaired) electrons.